The predicted octanol–water partition coefficient (Wildman–Crippen LogP) is 2.18. The molecule has 6 heteroatoms. The van der Waals surface area contributed by atoms with Crippen LogP contribution in [0.15, 0.2) is 22.7 Å². The molecule has 0 spiro atoms. The summed E-state index contributed by atoms with van der Waals surface area (Å²) in [4.78, 5) is 22.5. The van der Waals surface area contributed by atoms with E-state index in [9.17, 15) is 14.0 Å². The summed E-state index contributed by atoms with van der Waals surface area (Å²) >= 11 is 3.05. The fourth-order valence-corrected chi connectivity index (χ4v) is 1.78. The van der Waals surface area contributed by atoms with Gasteiger partial charge in [-0.3, -0.25) is 4.79 Å². The van der Waals surface area contributed by atoms with Crippen molar-refractivity contribution in [2.45, 2.75) is 19.4 Å². The first kappa shape index (κ1) is 13.6. The van der Waals surface area contributed by atoms with Crippen LogP contribution in [0.3, 0.4) is 0 Å². The summed E-state index contributed by atoms with van der Waals surface area (Å²) in [7, 11) is 0. The molecule has 1 aromatic carbocycles. The summed E-state index contributed by atoms with van der Waals surface area (Å²) in [6, 6.07) is 2.64. The molecule has 1 amide bonds. The van der Waals surface area contributed by atoms with Crippen LogP contribution in [-0.2, 0) is 4.79 Å². The Bertz CT molecular complexity index is 450. The number of carboxylic acid groups (broad SMARTS) is 1. The van der Waals surface area contributed by atoms with Crippen LogP contribution in [0, 0.1) is 5.82 Å². The Morgan fingerprint density at radius 3 is 2.65 bits per heavy atom. The molecule has 0 aliphatic rings. The molecule has 17 heavy (non-hydrogen) atoms. The Kier molecular flexibility index (Phi) is 4.62. The molecule has 0 unspecified atom stereocenters. The zero-order chi connectivity index (χ0) is 13.0. The molecule has 0 aromatic heterocycles. The van der Waals surface area contributed by atoms with Gasteiger partial charge in [0.1, 0.15) is 11.9 Å². The van der Waals surface area contributed by atoms with Gasteiger partial charge < -0.3 is 10.4 Å². The van der Waals surface area contributed by atoms with Gasteiger partial charge in [0.25, 0.3) is 5.91 Å². The maximum Gasteiger partial charge on any atom is 0.326 e. The van der Waals surface area contributed by atoms with Crippen molar-refractivity contribution in [1.82, 2.24) is 5.32 Å². The van der Waals surface area contributed by atoms with E-state index >= 15 is 0 Å². The number of hydrogen-bond donors (Lipinski definition) is 2. The van der Waals surface area contributed by atoms with E-state index in [0.29, 0.717) is 0 Å². The molecule has 0 saturated carbocycles. The number of amides is 1. The Balaban J connectivity index is 2.86. The minimum atomic E-state index is -1.10. The average molecular weight is 304 g/mol. The smallest absolute Gasteiger partial charge is 0.326 e. The quantitative estimate of drug-likeness (QED) is 0.896. The van der Waals surface area contributed by atoms with Crippen LogP contribution in [0.4, 0.5) is 4.39 Å². The Morgan fingerprint density at radius 1 is 1.53 bits per heavy atom. The number of carbonyl (C=O) groups is 2. The zero-order valence-electron chi connectivity index (χ0n) is 9.04. The molecule has 4 nitrogen and oxygen atoms in total. The third-order valence-corrected chi connectivity index (χ3v) is 2.84. The third kappa shape index (κ3) is 3.52. The van der Waals surface area contributed by atoms with Gasteiger partial charge in [-0.1, -0.05) is 6.92 Å². The maximum atomic E-state index is 12.8. The number of nitrogens with one attached hydrogen (secondary N) is 1. The zero-order valence-corrected chi connectivity index (χ0v) is 10.6. The van der Waals surface area contributed by atoms with E-state index < -0.39 is 23.7 Å². The van der Waals surface area contributed by atoms with Gasteiger partial charge in [0.2, 0.25) is 0 Å². The first-order valence-electron chi connectivity index (χ1n) is 4.94. The van der Waals surface area contributed by atoms with Crippen LogP contribution in [0.2, 0.25) is 0 Å². The van der Waals surface area contributed by atoms with Crippen LogP contribution in [0.5, 0.6) is 0 Å². The van der Waals surface area contributed by atoms with E-state index in [0.717, 1.165) is 12.1 Å². The lowest BCUT2D eigenvalue weighted by molar-refractivity contribution is -0.139. The van der Waals surface area contributed by atoms with E-state index in [1.54, 1.807) is 6.92 Å². The first-order valence-corrected chi connectivity index (χ1v) is 5.73. The Hall–Kier alpha value is -1.43. The second-order valence-electron chi connectivity index (χ2n) is 3.40. The average Bonchev–Trinajstić information content (AvgIpc) is 2.24. The van der Waals surface area contributed by atoms with Gasteiger partial charge in [-0.15, -0.1) is 0 Å². The lowest BCUT2D eigenvalue weighted by Crippen LogP contribution is -2.40. The SMILES string of the molecule is CC[C@H](NC(=O)c1ccc(F)cc1Br)C(=O)O. The lowest BCUT2D eigenvalue weighted by Gasteiger charge is -2.12. The van der Waals surface area contributed by atoms with Gasteiger partial charge in [0, 0.05) is 4.47 Å². The molecule has 1 aromatic rings. The molecule has 1 rings (SSSR count). The minimum Gasteiger partial charge on any atom is -0.480 e. The van der Waals surface area contributed by atoms with Crippen LogP contribution in [0.1, 0.15) is 23.7 Å². The van der Waals surface area contributed by atoms with Crippen LogP contribution >= 0.6 is 15.9 Å². The lowest BCUT2D eigenvalue weighted by atomic mass is 10.1. The number of carbonyl (C=O) groups excluding carboxylic acids is 1. The van der Waals surface area contributed by atoms with Crippen molar-refractivity contribution in [2.24, 2.45) is 0 Å². The standard InChI is InChI=1S/C11H11BrFNO3/c1-2-9(11(16)17)14-10(15)7-4-3-6(13)5-8(7)12/h3-5,9H,2H2,1H3,(H,14,15)(H,16,17)/t9-/m0/s1. The van der Waals surface area contributed by atoms with Crippen molar-refractivity contribution in [2.75, 3.05) is 0 Å². The van der Waals surface area contributed by atoms with Crippen LogP contribution < -0.4 is 5.32 Å². The predicted molar refractivity (Wildman–Crippen MR) is 63.3 cm³/mol. The van der Waals surface area contributed by atoms with E-state index in [2.05, 4.69) is 21.2 Å². The Labute approximate surface area is 106 Å². The summed E-state index contributed by atoms with van der Waals surface area (Å²) in [5.74, 6) is -2.12. The molecule has 0 aliphatic carbocycles. The number of rotatable bonds is 4. The first-order chi connectivity index (χ1) is 7.95. The van der Waals surface area contributed by atoms with Crippen molar-refractivity contribution in [1.29, 1.82) is 0 Å². The minimum absolute atomic E-state index is 0.200. The van der Waals surface area contributed by atoms with Gasteiger partial charge in [0.05, 0.1) is 5.56 Å². The van der Waals surface area contributed by atoms with Crippen molar-refractivity contribution in [3.8, 4) is 0 Å². The number of benzene rings is 1. The fourth-order valence-electron chi connectivity index (χ4n) is 1.25. The van der Waals surface area contributed by atoms with Crippen molar-refractivity contribution in [3.05, 3.63) is 34.1 Å². The second-order valence-corrected chi connectivity index (χ2v) is 4.25. The topological polar surface area (TPSA) is 66.4 Å². The monoisotopic (exact) mass is 303 g/mol. The van der Waals surface area contributed by atoms with Gasteiger partial charge in [-0.25, -0.2) is 9.18 Å². The van der Waals surface area contributed by atoms with Gasteiger partial charge in [-0.2, -0.15) is 0 Å². The van der Waals surface area contributed by atoms with Crippen molar-refractivity contribution >= 4 is 27.8 Å². The molecule has 0 heterocycles. The molecule has 0 radical (unpaired) electrons. The largest absolute Gasteiger partial charge is 0.480 e. The van der Waals surface area contributed by atoms with Crippen LogP contribution in [-0.4, -0.2) is 23.0 Å². The molecule has 0 saturated heterocycles. The molecular weight excluding hydrogens is 293 g/mol. The summed E-state index contributed by atoms with van der Waals surface area (Å²) in [6.45, 7) is 1.65. The third-order valence-electron chi connectivity index (χ3n) is 2.19. The number of aliphatic carboxylic acids is 1. The summed E-state index contributed by atoms with van der Waals surface area (Å²) in [5, 5.41) is 11.1. The molecule has 92 valence electrons. The van der Waals surface area contributed by atoms with E-state index in [1.807, 2.05) is 0 Å². The fraction of sp³-hybridized carbons (Fsp3) is 0.273. The highest BCUT2D eigenvalue weighted by Gasteiger charge is 2.19. The highest BCUT2D eigenvalue weighted by atomic mass is 79.9. The van der Waals surface area contributed by atoms with Crippen molar-refractivity contribution < 1.29 is 19.1 Å². The Morgan fingerprint density at radius 2 is 2.18 bits per heavy atom. The molecular formula is C11H11BrFNO3. The van der Waals surface area contributed by atoms with Crippen molar-refractivity contribution in [3.63, 3.8) is 0 Å². The summed E-state index contributed by atoms with van der Waals surface area (Å²) in [5.41, 5.74) is 0.200. The van der Waals surface area contributed by atoms with Crippen LogP contribution in [0.25, 0.3) is 0 Å². The van der Waals surface area contributed by atoms with E-state index in [4.69, 9.17) is 5.11 Å². The van der Waals surface area contributed by atoms with Gasteiger partial charge in [0.15, 0.2) is 0 Å². The summed E-state index contributed by atoms with van der Waals surface area (Å²) < 4.78 is 13.1. The molecule has 2 N–H and O–H groups in total. The molecule has 1 atom stereocenters. The normalized spacial score (nSPS) is 11.9. The maximum absolute atomic E-state index is 12.8. The molecule has 0 fully saturated rings. The highest BCUT2D eigenvalue weighted by molar-refractivity contribution is 9.10. The number of halogens is 2. The van der Waals surface area contributed by atoms with Gasteiger partial charge in [-0.05, 0) is 40.5 Å². The summed E-state index contributed by atoms with van der Waals surface area (Å²) in [6.07, 6.45) is 0.278. The van der Waals surface area contributed by atoms with E-state index in [-0.39, 0.29) is 16.5 Å². The molecule has 0 aliphatic heterocycles. The highest BCUT2D eigenvalue weighted by Crippen LogP contribution is 2.18. The second kappa shape index (κ2) is 5.77. The number of hydrogen-bond acceptors (Lipinski definition) is 2. The van der Waals surface area contributed by atoms with E-state index in [1.165, 1.54) is 6.07 Å². The number of carboxylic acids is 1. The molecule has 0 bridgehead atoms. The van der Waals surface area contributed by atoms with Gasteiger partial charge >= 0.3 is 5.97 Å².